The van der Waals surface area contributed by atoms with Gasteiger partial charge >= 0.3 is 11.9 Å². The van der Waals surface area contributed by atoms with Crippen LogP contribution in [0.5, 0.6) is 0 Å². The summed E-state index contributed by atoms with van der Waals surface area (Å²) in [5, 5.41) is 3.59. The third-order valence-corrected chi connectivity index (χ3v) is 3.23. The van der Waals surface area contributed by atoms with Gasteiger partial charge in [0.05, 0.1) is 23.7 Å². The van der Waals surface area contributed by atoms with Crippen LogP contribution in [0.4, 0.5) is 0 Å². The maximum absolute atomic E-state index is 11.9. The zero-order valence-electron chi connectivity index (χ0n) is 12.5. The molecule has 1 N–H and O–H groups in total. The molecule has 0 saturated heterocycles. The van der Waals surface area contributed by atoms with Crippen molar-refractivity contribution < 1.29 is 19.1 Å². The molecule has 1 aromatic heterocycles. The van der Waals surface area contributed by atoms with Crippen LogP contribution in [0.2, 0.25) is 5.02 Å². The number of hydrogen-bond acceptors (Lipinski definition) is 5. The van der Waals surface area contributed by atoms with E-state index in [1.807, 2.05) is 6.07 Å². The average molecular weight is 335 g/mol. The molecule has 0 spiro atoms. The van der Waals surface area contributed by atoms with E-state index in [4.69, 9.17) is 11.6 Å². The van der Waals surface area contributed by atoms with E-state index in [2.05, 4.69) is 15.0 Å². The summed E-state index contributed by atoms with van der Waals surface area (Å²) in [6, 6.07) is 7.17. The van der Waals surface area contributed by atoms with Gasteiger partial charge in [-0.3, -0.25) is 14.6 Å². The molecule has 120 valence electrons. The van der Waals surface area contributed by atoms with Gasteiger partial charge in [0.2, 0.25) is 0 Å². The number of rotatable bonds is 5. The molecule has 0 saturated carbocycles. The van der Waals surface area contributed by atoms with E-state index in [0.29, 0.717) is 5.02 Å². The highest BCUT2D eigenvalue weighted by Crippen LogP contribution is 2.18. The van der Waals surface area contributed by atoms with Crippen molar-refractivity contribution in [3.05, 3.63) is 41.0 Å². The summed E-state index contributed by atoms with van der Waals surface area (Å²) in [6.07, 6.45) is 1.69. The highest BCUT2D eigenvalue weighted by atomic mass is 35.5. The van der Waals surface area contributed by atoms with Gasteiger partial charge in [0.1, 0.15) is 0 Å². The molecule has 0 aliphatic rings. The largest absolute Gasteiger partial charge is 0.459 e. The third-order valence-electron chi connectivity index (χ3n) is 3.02. The number of pyridine rings is 1. The number of aromatic nitrogens is 1. The second-order valence-corrected chi connectivity index (χ2v) is 5.24. The molecule has 0 unspecified atom stereocenters. The summed E-state index contributed by atoms with van der Waals surface area (Å²) >= 11 is 5.90. The van der Waals surface area contributed by atoms with Crippen molar-refractivity contribution in [2.24, 2.45) is 0 Å². The predicted octanol–water partition coefficient (Wildman–Crippen LogP) is 1.68. The first-order valence-electron chi connectivity index (χ1n) is 7.00. The number of benzene rings is 1. The molecule has 2 aromatic rings. The molecule has 0 atom stereocenters. The molecule has 1 amide bonds. The minimum atomic E-state index is -0.994. The Bertz CT molecular complexity index is 761. The Morgan fingerprint density at radius 2 is 2.04 bits per heavy atom. The van der Waals surface area contributed by atoms with Crippen LogP contribution in [-0.4, -0.2) is 35.8 Å². The summed E-state index contributed by atoms with van der Waals surface area (Å²) in [5.41, 5.74) is 1.55. The normalized spacial score (nSPS) is 10.3. The molecule has 0 bridgehead atoms. The van der Waals surface area contributed by atoms with Crippen LogP contribution in [0.25, 0.3) is 10.9 Å². The van der Waals surface area contributed by atoms with Crippen LogP contribution < -0.4 is 5.32 Å². The Morgan fingerprint density at radius 1 is 1.26 bits per heavy atom. The fourth-order valence-corrected chi connectivity index (χ4v) is 2.17. The second kappa shape index (κ2) is 7.69. The van der Waals surface area contributed by atoms with Gasteiger partial charge in [-0.2, -0.15) is 0 Å². The highest BCUT2D eigenvalue weighted by Gasteiger charge is 2.15. The molecule has 7 heteroatoms. The summed E-state index contributed by atoms with van der Waals surface area (Å²) in [4.78, 5) is 38.5. The van der Waals surface area contributed by atoms with E-state index in [0.717, 1.165) is 16.5 Å². The van der Waals surface area contributed by atoms with Gasteiger partial charge in [-0.1, -0.05) is 17.7 Å². The Hall–Kier alpha value is -2.47. The highest BCUT2D eigenvalue weighted by molar-refractivity contribution is 6.32. The second-order valence-electron chi connectivity index (χ2n) is 4.80. The summed E-state index contributed by atoms with van der Waals surface area (Å²) in [5.74, 6) is -2.14. The number of carbonyl (C=O) groups excluding carboxylic acids is 3. The number of nitrogens with one attached hydrogen (secondary N) is 1. The third kappa shape index (κ3) is 4.75. The lowest BCUT2D eigenvalue weighted by Gasteiger charge is -2.05. The Balaban J connectivity index is 1.95. The number of nitrogens with zero attached hydrogens (tertiary/aromatic N) is 1. The first-order valence-corrected chi connectivity index (χ1v) is 7.38. The molecule has 6 nitrogen and oxygen atoms in total. The minimum absolute atomic E-state index is 0.105. The van der Waals surface area contributed by atoms with Gasteiger partial charge in [-0.15, -0.1) is 0 Å². The van der Waals surface area contributed by atoms with Gasteiger partial charge in [-0.05, 0) is 30.7 Å². The molecular formula is C16H15ClN2O4. The van der Waals surface area contributed by atoms with Crippen LogP contribution >= 0.6 is 11.6 Å². The topological polar surface area (TPSA) is 85.4 Å². The fraction of sp³-hybridized carbons (Fsp3) is 0.250. The van der Waals surface area contributed by atoms with Crippen LogP contribution in [0, 0.1) is 0 Å². The lowest BCUT2D eigenvalue weighted by Crippen LogP contribution is -2.36. The zero-order valence-corrected chi connectivity index (χ0v) is 13.2. The average Bonchev–Trinajstić information content (AvgIpc) is 2.52. The molecule has 2 rings (SSSR count). The number of Topliss-reactive ketones (excluding diaryl/α,β-unsaturated/α-hetero) is 1. The molecule has 0 radical (unpaired) electrons. The van der Waals surface area contributed by atoms with E-state index in [-0.39, 0.29) is 25.4 Å². The zero-order chi connectivity index (χ0) is 16.8. The van der Waals surface area contributed by atoms with Crippen LogP contribution in [0.1, 0.15) is 12.5 Å². The number of halogens is 1. The SMILES string of the molecule is CCOC(=O)C(=O)NCC(=O)Cc1ccc2ncc(Cl)cc2c1. The van der Waals surface area contributed by atoms with Gasteiger partial charge in [-0.25, -0.2) is 4.79 Å². The number of ether oxygens (including phenoxy) is 1. The maximum Gasteiger partial charge on any atom is 0.396 e. The van der Waals surface area contributed by atoms with Crippen LogP contribution in [0.3, 0.4) is 0 Å². The van der Waals surface area contributed by atoms with Crippen molar-refractivity contribution in [1.82, 2.24) is 10.3 Å². The lowest BCUT2D eigenvalue weighted by molar-refractivity contribution is -0.154. The number of hydrogen-bond donors (Lipinski definition) is 1. The molecule has 0 fully saturated rings. The van der Waals surface area contributed by atoms with E-state index in [9.17, 15) is 14.4 Å². The standard InChI is InChI=1S/C16H15ClN2O4/c1-2-23-16(22)15(21)19-9-13(20)6-10-3-4-14-11(5-10)7-12(17)8-18-14/h3-5,7-8H,2,6,9H2,1H3,(H,19,21). The van der Waals surface area contributed by atoms with Crippen molar-refractivity contribution >= 4 is 40.2 Å². The monoisotopic (exact) mass is 334 g/mol. The molecule has 23 heavy (non-hydrogen) atoms. The van der Waals surface area contributed by atoms with Crippen molar-refractivity contribution in [3.63, 3.8) is 0 Å². The number of fused-ring (bicyclic) bond motifs is 1. The number of esters is 1. The number of amides is 1. The van der Waals surface area contributed by atoms with Crippen molar-refractivity contribution in [2.45, 2.75) is 13.3 Å². The van der Waals surface area contributed by atoms with Gasteiger partial charge in [0.15, 0.2) is 5.78 Å². The summed E-state index contributed by atoms with van der Waals surface area (Å²) < 4.78 is 4.53. The van der Waals surface area contributed by atoms with Crippen molar-refractivity contribution in [1.29, 1.82) is 0 Å². The van der Waals surface area contributed by atoms with Gasteiger partial charge < -0.3 is 10.1 Å². The molecule has 1 heterocycles. The van der Waals surface area contributed by atoms with E-state index < -0.39 is 11.9 Å². The quantitative estimate of drug-likeness (QED) is 0.664. The van der Waals surface area contributed by atoms with Gasteiger partial charge in [0.25, 0.3) is 0 Å². The van der Waals surface area contributed by atoms with E-state index in [1.165, 1.54) is 0 Å². The predicted molar refractivity (Wildman–Crippen MR) is 85.1 cm³/mol. The summed E-state index contributed by atoms with van der Waals surface area (Å²) in [6.45, 7) is 1.47. The smallest absolute Gasteiger partial charge is 0.396 e. The molecule has 0 aliphatic heterocycles. The molecular weight excluding hydrogens is 320 g/mol. The van der Waals surface area contributed by atoms with Crippen molar-refractivity contribution in [2.75, 3.05) is 13.2 Å². The maximum atomic E-state index is 11.9. The van der Waals surface area contributed by atoms with Gasteiger partial charge in [0, 0.05) is 18.0 Å². The van der Waals surface area contributed by atoms with Crippen LogP contribution in [-0.2, 0) is 25.5 Å². The Morgan fingerprint density at radius 3 is 2.78 bits per heavy atom. The Kier molecular flexibility index (Phi) is 5.65. The molecule has 1 aromatic carbocycles. The fourth-order valence-electron chi connectivity index (χ4n) is 2.00. The van der Waals surface area contributed by atoms with E-state index in [1.54, 1.807) is 31.3 Å². The first-order chi connectivity index (χ1) is 11.0. The molecule has 0 aliphatic carbocycles. The first kappa shape index (κ1) is 16.9. The van der Waals surface area contributed by atoms with E-state index >= 15 is 0 Å². The van der Waals surface area contributed by atoms with Crippen molar-refractivity contribution in [3.8, 4) is 0 Å². The number of ketones is 1. The minimum Gasteiger partial charge on any atom is -0.459 e. The summed E-state index contributed by atoms with van der Waals surface area (Å²) in [7, 11) is 0. The lowest BCUT2D eigenvalue weighted by atomic mass is 10.1. The Labute approximate surface area is 137 Å². The van der Waals surface area contributed by atoms with Crippen LogP contribution in [0.15, 0.2) is 30.5 Å². The number of carbonyl (C=O) groups is 3.